The van der Waals surface area contributed by atoms with Gasteiger partial charge in [0.15, 0.2) is 0 Å². The van der Waals surface area contributed by atoms with Crippen molar-refractivity contribution in [3.8, 4) is 0 Å². The molecule has 7 heteroatoms. The van der Waals surface area contributed by atoms with E-state index in [2.05, 4.69) is 5.32 Å². The average Bonchev–Trinajstić information content (AvgIpc) is 2.83. The summed E-state index contributed by atoms with van der Waals surface area (Å²) in [6.07, 6.45) is -4.06. The van der Waals surface area contributed by atoms with Crippen LogP contribution < -0.4 is 5.32 Å². The summed E-state index contributed by atoms with van der Waals surface area (Å²) in [4.78, 5) is 37.2. The Balaban J connectivity index is 2.00. The van der Waals surface area contributed by atoms with Crippen molar-refractivity contribution in [1.82, 2.24) is 0 Å². The monoisotopic (exact) mass is 339 g/mol. The number of fused-ring (bicyclic) bond motifs is 2. The van der Waals surface area contributed by atoms with E-state index in [0.29, 0.717) is 6.42 Å². The van der Waals surface area contributed by atoms with E-state index >= 15 is 0 Å². The number of anilines is 1. The van der Waals surface area contributed by atoms with Crippen molar-refractivity contribution < 1.29 is 27.6 Å². The molecule has 4 nitrogen and oxygen atoms in total. The second-order valence-corrected chi connectivity index (χ2v) is 6.91. The highest BCUT2D eigenvalue weighted by Gasteiger charge is 2.72. The number of hydrogen-bond acceptors (Lipinski definition) is 3. The Morgan fingerprint density at radius 1 is 1.21 bits per heavy atom. The van der Waals surface area contributed by atoms with Gasteiger partial charge in [0.1, 0.15) is 5.41 Å². The summed E-state index contributed by atoms with van der Waals surface area (Å²) < 4.78 is 39.2. The smallest absolute Gasteiger partial charge is 0.325 e. The zero-order valence-corrected chi connectivity index (χ0v) is 13.2. The molecule has 1 N–H and O–H groups in total. The highest BCUT2D eigenvalue weighted by atomic mass is 19.4. The molecule has 3 rings (SSSR count). The third-order valence-corrected chi connectivity index (χ3v) is 5.58. The van der Waals surface area contributed by atoms with Crippen molar-refractivity contribution >= 4 is 23.2 Å². The van der Waals surface area contributed by atoms with E-state index in [1.165, 1.54) is 12.1 Å². The summed E-state index contributed by atoms with van der Waals surface area (Å²) in [6.45, 7) is 3.31. The third kappa shape index (κ3) is 1.96. The van der Waals surface area contributed by atoms with Crippen LogP contribution in [-0.2, 0) is 20.6 Å². The minimum atomic E-state index is -4.63. The molecule has 0 aromatic heterocycles. The minimum absolute atomic E-state index is 0.176. The predicted octanol–water partition coefficient (Wildman–Crippen LogP) is 3.22. The Labute approximate surface area is 136 Å². The van der Waals surface area contributed by atoms with E-state index in [0.717, 1.165) is 12.1 Å². The predicted molar refractivity (Wildman–Crippen MR) is 79.0 cm³/mol. The number of rotatable bonds is 2. The molecule has 2 fully saturated rings. The first kappa shape index (κ1) is 16.7. The highest BCUT2D eigenvalue weighted by molar-refractivity contribution is 6.48. The Hall–Kier alpha value is -2.18. The first-order valence-electron chi connectivity index (χ1n) is 7.60. The highest BCUT2D eigenvalue weighted by Crippen LogP contribution is 2.62. The number of ketones is 2. The van der Waals surface area contributed by atoms with Crippen LogP contribution in [0.25, 0.3) is 0 Å². The fraction of sp³-hybridized carbons (Fsp3) is 0.471. The summed E-state index contributed by atoms with van der Waals surface area (Å²) in [5, 5.41) is 2.25. The van der Waals surface area contributed by atoms with Crippen molar-refractivity contribution in [3.05, 3.63) is 29.8 Å². The lowest BCUT2D eigenvalue weighted by atomic mass is 9.68. The molecule has 2 unspecified atom stereocenters. The van der Waals surface area contributed by atoms with Crippen molar-refractivity contribution in [2.24, 2.45) is 16.7 Å². The second-order valence-electron chi connectivity index (χ2n) is 6.91. The molecular formula is C17H16F3NO3. The zero-order chi connectivity index (χ0) is 17.9. The minimum Gasteiger partial charge on any atom is -0.325 e. The molecule has 2 bridgehead atoms. The number of alkyl halides is 3. The fourth-order valence-corrected chi connectivity index (χ4v) is 4.15. The van der Waals surface area contributed by atoms with Crippen LogP contribution in [0.2, 0.25) is 0 Å². The average molecular weight is 339 g/mol. The molecule has 1 aromatic carbocycles. The molecule has 0 spiro atoms. The molecule has 1 amide bonds. The number of amides is 1. The van der Waals surface area contributed by atoms with Crippen molar-refractivity contribution in [1.29, 1.82) is 0 Å². The molecule has 0 heterocycles. The van der Waals surface area contributed by atoms with E-state index in [1.807, 2.05) is 0 Å². The van der Waals surface area contributed by atoms with Crippen LogP contribution in [0.1, 0.15) is 32.3 Å². The van der Waals surface area contributed by atoms with Gasteiger partial charge in [0.25, 0.3) is 0 Å². The van der Waals surface area contributed by atoms with Gasteiger partial charge in [-0.3, -0.25) is 14.4 Å². The van der Waals surface area contributed by atoms with Gasteiger partial charge < -0.3 is 5.32 Å². The van der Waals surface area contributed by atoms with Gasteiger partial charge in [-0.25, -0.2) is 0 Å². The van der Waals surface area contributed by atoms with Crippen LogP contribution in [0, 0.1) is 16.7 Å². The van der Waals surface area contributed by atoms with Crippen molar-refractivity contribution in [2.75, 3.05) is 5.32 Å². The van der Waals surface area contributed by atoms with E-state index in [-0.39, 0.29) is 6.42 Å². The van der Waals surface area contributed by atoms with Crippen LogP contribution in [0.15, 0.2) is 24.3 Å². The Morgan fingerprint density at radius 2 is 1.83 bits per heavy atom. The van der Waals surface area contributed by atoms with Gasteiger partial charge in [-0.2, -0.15) is 13.2 Å². The van der Waals surface area contributed by atoms with Crippen LogP contribution >= 0.6 is 0 Å². The Kier molecular flexibility index (Phi) is 3.41. The summed E-state index contributed by atoms with van der Waals surface area (Å²) >= 11 is 0. The van der Waals surface area contributed by atoms with Gasteiger partial charge >= 0.3 is 6.18 Å². The van der Waals surface area contributed by atoms with Gasteiger partial charge in [0.05, 0.1) is 11.3 Å². The molecule has 24 heavy (non-hydrogen) atoms. The van der Waals surface area contributed by atoms with Crippen molar-refractivity contribution in [3.63, 3.8) is 0 Å². The van der Waals surface area contributed by atoms with Gasteiger partial charge in [-0.15, -0.1) is 0 Å². The molecule has 0 saturated heterocycles. The van der Waals surface area contributed by atoms with E-state index in [1.54, 1.807) is 13.8 Å². The van der Waals surface area contributed by atoms with Gasteiger partial charge in [0.2, 0.25) is 17.5 Å². The normalized spacial score (nSPS) is 28.3. The molecule has 1 aromatic rings. The summed E-state index contributed by atoms with van der Waals surface area (Å²) in [7, 11) is 0. The number of benzene rings is 1. The first-order valence-corrected chi connectivity index (χ1v) is 7.60. The lowest BCUT2D eigenvalue weighted by Crippen LogP contribution is -2.47. The van der Waals surface area contributed by atoms with E-state index in [4.69, 9.17) is 0 Å². The van der Waals surface area contributed by atoms with Gasteiger partial charge in [-0.05, 0) is 30.4 Å². The number of hydrogen-bond donors (Lipinski definition) is 1. The number of nitrogens with one attached hydrogen (secondary N) is 1. The summed E-state index contributed by atoms with van der Waals surface area (Å²) in [5.74, 6) is -2.76. The topological polar surface area (TPSA) is 63.2 Å². The maximum atomic E-state index is 13.1. The number of para-hydroxylation sites is 1. The quantitative estimate of drug-likeness (QED) is 0.665. The van der Waals surface area contributed by atoms with Crippen LogP contribution in [-0.4, -0.2) is 17.5 Å². The zero-order valence-electron chi connectivity index (χ0n) is 13.2. The van der Waals surface area contributed by atoms with Crippen LogP contribution in [0.5, 0.6) is 0 Å². The van der Waals surface area contributed by atoms with Crippen LogP contribution in [0.3, 0.4) is 0 Å². The number of carbonyl (C=O) groups is 3. The molecule has 2 aliphatic rings. The van der Waals surface area contributed by atoms with Gasteiger partial charge in [0, 0.05) is 5.92 Å². The maximum Gasteiger partial charge on any atom is 0.418 e. The standard InChI is InChI=1S/C17H16F3NO3/c1-15(2)10-7-8-16(15,13(23)12(10)22)14(24)21-11-6-4-3-5-9(11)17(18,19)20/h3-6,10H,7-8H2,1-2H3,(H,21,24). The van der Waals surface area contributed by atoms with Gasteiger partial charge in [-0.1, -0.05) is 26.0 Å². The largest absolute Gasteiger partial charge is 0.418 e. The SMILES string of the molecule is CC1(C)C2CCC1(C(=O)Nc1ccccc1C(F)(F)F)C(=O)C2=O. The fourth-order valence-electron chi connectivity index (χ4n) is 4.15. The lowest BCUT2D eigenvalue weighted by Gasteiger charge is -2.34. The molecule has 2 aliphatic carbocycles. The molecule has 128 valence electrons. The molecular weight excluding hydrogens is 323 g/mol. The number of Topliss-reactive ketones (excluding diaryl/α,β-unsaturated/α-hetero) is 2. The lowest BCUT2D eigenvalue weighted by molar-refractivity contribution is -0.147. The summed E-state index contributed by atoms with van der Waals surface area (Å²) in [5.41, 5.74) is -3.89. The second kappa shape index (κ2) is 4.91. The third-order valence-electron chi connectivity index (χ3n) is 5.58. The first-order chi connectivity index (χ1) is 11.0. The number of halogens is 3. The molecule has 2 atom stereocenters. The number of carbonyl (C=O) groups excluding carboxylic acids is 3. The Bertz CT molecular complexity index is 754. The van der Waals surface area contributed by atoms with E-state index < -0.39 is 51.6 Å². The molecule has 0 aliphatic heterocycles. The van der Waals surface area contributed by atoms with E-state index in [9.17, 15) is 27.6 Å². The summed E-state index contributed by atoms with van der Waals surface area (Å²) in [6, 6.07) is 4.58. The van der Waals surface area contributed by atoms with Crippen LogP contribution in [0.4, 0.5) is 18.9 Å². The molecule has 2 saturated carbocycles. The Morgan fingerprint density at radius 3 is 2.38 bits per heavy atom. The maximum absolute atomic E-state index is 13.1. The van der Waals surface area contributed by atoms with Crippen molar-refractivity contribution in [2.45, 2.75) is 32.9 Å². The molecule has 0 radical (unpaired) electrons.